The molecule has 0 saturated heterocycles. The molecule has 29 heavy (non-hydrogen) atoms. The summed E-state index contributed by atoms with van der Waals surface area (Å²) in [5, 5.41) is 3.01. The molecule has 0 aromatic heterocycles. The van der Waals surface area contributed by atoms with E-state index in [0.29, 0.717) is 6.61 Å². The molecule has 0 unspecified atom stereocenters. The van der Waals surface area contributed by atoms with Crippen LogP contribution >= 0.6 is 11.6 Å². The molecule has 2 atom stereocenters. The highest BCUT2D eigenvalue weighted by molar-refractivity contribution is 7.89. The lowest BCUT2D eigenvalue weighted by Crippen LogP contribution is -2.50. The summed E-state index contributed by atoms with van der Waals surface area (Å²) in [7, 11) is -1.20. The van der Waals surface area contributed by atoms with Crippen molar-refractivity contribution in [2.24, 2.45) is 0 Å². The molecule has 0 radical (unpaired) electrons. The number of ether oxygens (including phenoxy) is 2. The van der Waals surface area contributed by atoms with Crippen LogP contribution in [-0.4, -0.2) is 47.2 Å². The van der Waals surface area contributed by atoms with Crippen molar-refractivity contribution < 1.29 is 22.7 Å². The summed E-state index contributed by atoms with van der Waals surface area (Å²) in [4.78, 5) is 12.7. The number of sulfonamides is 1. The molecule has 0 saturated carbocycles. The van der Waals surface area contributed by atoms with E-state index in [-0.39, 0.29) is 28.1 Å². The smallest absolute Gasteiger partial charge is 0.245 e. The third kappa shape index (κ3) is 6.71. The Morgan fingerprint density at radius 3 is 2.45 bits per heavy atom. The Morgan fingerprint density at radius 1 is 1.14 bits per heavy atom. The van der Waals surface area contributed by atoms with Crippen molar-refractivity contribution in [3.63, 3.8) is 0 Å². The number of rotatable bonds is 10. The third-order valence-corrected chi connectivity index (χ3v) is 5.85. The van der Waals surface area contributed by atoms with Gasteiger partial charge in [-0.15, -0.1) is 0 Å². The van der Waals surface area contributed by atoms with Gasteiger partial charge in [-0.05, 0) is 37.1 Å². The molecule has 0 aliphatic heterocycles. The SMILES string of the molecule is COC[C@H](C)NC(=O)[C@H](Cc1ccccc1)NS(=O)(=O)c1cc(Cl)ccc1OC. The zero-order chi connectivity index (χ0) is 21.4. The second-order valence-corrected chi connectivity index (χ2v) is 8.64. The van der Waals surface area contributed by atoms with Gasteiger partial charge in [-0.1, -0.05) is 41.9 Å². The highest BCUT2D eigenvalue weighted by atomic mass is 35.5. The molecular formula is C20H25ClN2O5S. The lowest BCUT2D eigenvalue weighted by atomic mass is 10.1. The molecule has 1 amide bonds. The summed E-state index contributed by atoms with van der Waals surface area (Å²) in [6, 6.07) is 12.1. The summed E-state index contributed by atoms with van der Waals surface area (Å²) in [6.45, 7) is 2.08. The van der Waals surface area contributed by atoms with Gasteiger partial charge in [-0.2, -0.15) is 4.72 Å². The number of halogens is 1. The second kappa shape index (κ2) is 10.6. The standard InChI is InChI=1S/C20H25ClN2O5S/c1-14(13-27-2)22-20(24)17(11-15-7-5-4-6-8-15)23-29(25,26)19-12-16(21)9-10-18(19)28-3/h4-10,12,14,17,23H,11,13H2,1-3H3,(H,22,24)/t14-,17-/m0/s1. The van der Waals surface area contributed by atoms with Crippen molar-refractivity contribution in [1.82, 2.24) is 10.0 Å². The van der Waals surface area contributed by atoms with Crippen LogP contribution in [0.15, 0.2) is 53.4 Å². The summed E-state index contributed by atoms with van der Waals surface area (Å²) in [6.07, 6.45) is 0.175. The maximum absolute atomic E-state index is 13.0. The van der Waals surface area contributed by atoms with Crippen LogP contribution in [0.1, 0.15) is 12.5 Å². The molecule has 0 bridgehead atoms. The Kier molecular flexibility index (Phi) is 8.45. The van der Waals surface area contributed by atoms with E-state index < -0.39 is 22.0 Å². The molecule has 9 heteroatoms. The number of nitrogens with one attached hydrogen (secondary N) is 2. The Bertz CT molecular complexity index is 922. The van der Waals surface area contributed by atoms with Crippen molar-refractivity contribution in [2.75, 3.05) is 20.8 Å². The van der Waals surface area contributed by atoms with Gasteiger partial charge in [0.2, 0.25) is 15.9 Å². The van der Waals surface area contributed by atoms with Gasteiger partial charge in [0.25, 0.3) is 0 Å². The van der Waals surface area contributed by atoms with Gasteiger partial charge in [0.1, 0.15) is 16.7 Å². The van der Waals surface area contributed by atoms with Crippen LogP contribution in [0.3, 0.4) is 0 Å². The first-order valence-electron chi connectivity index (χ1n) is 8.96. The summed E-state index contributed by atoms with van der Waals surface area (Å²) >= 11 is 5.97. The second-order valence-electron chi connectivity index (χ2n) is 6.52. The van der Waals surface area contributed by atoms with Crippen molar-refractivity contribution in [3.05, 3.63) is 59.1 Å². The number of hydrogen-bond donors (Lipinski definition) is 2. The van der Waals surface area contributed by atoms with Gasteiger partial charge in [0.15, 0.2) is 0 Å². The minimum Gasteiger partial charge on any atom is -0.495 e. The zero-order valence-corrected chi connectivity index (χ0v) is 18.1. The average molecular weight is 441 g/mol. The number of hydrogen-bond acceptors (Lipinski definition) is 5. The largest absolute Gasteiger partial charge is 0.495 e. The van der Waals surface area contributed by atoms with E-state index in [1.54, 1.807) is 6.92 Å². The molecule has 158 valence electrons. The molecular weight excluding hydrogens is 416 g/mol. The Balaban J connectivity index is 2.32. The number of carbonyl (C=O) groups excluding carboxylic acids is 1. The van der Waals surface area contributed by atoms with Crippen LogP contribution < -0.4 is 14.8 Å². The minimum atomic E-state index is -4.09. The molecule has 2 aromatic carbocycles. The molecule has 7 nitrogen and oxygen atoms in total. The van der Waals surface area contributed by atoms with Gasteiger partial charge in [0.05, 0.1) is 13.7 Å². The number of benzene rings is 2. The average Bonchev–Trinajstić information content (AvgIpc) is 2.68. The van der Waals surface area contributed by atoms with Crippen LogP contribution in [0, 0.1) is 0 Å². The van der Waals surface area contributed by atoms with Crippen LogP contribution in [0.5, 0.6) is 5.75 Å². The van der Waals surface area contributed by atoms with Crippen molar-refractivity contribution >= 4 is 27.5 Å². The Morgan fingerprint density at radius 2 is 1.83 bits per heavy atom. The first-order valence-corrected chi connectivity index (χ1v) is 10.8. The molecule has 0 spiro atoms. The number of amides is 1. The van der Waals surface area contributed by atoms with E-state index in [1.165, 1.54) is 32.4 Å². The number of carbonyl (C=O) groups is 1. The molecule has 0 aliphatic carbocycles. The molecule has 2 N–H and O–H groups in total. The predicted octanol–water partition coefficient (Wildman–Crippen LogP) is 2.39. The quantitative estimate of drug-likeness (QED) is 0.591. The lowest BCUT2D eigenvalue weighted by molar-refractivity contribution is -0.123. The molecule has 2 aromatic rings. The first kappa shape index (κ1) is 23.2. The van der Waals surface area contributed by atoms with Crippen LogP contribution in [-0.2, 0) is 26.0 Å². The fourth-order valence-electron chi connectivity index (χ4n) is 2.78. The monoisotopic (exact) mass is 440 g/mol. The van der Waals surface area contributed by atoms with Crippen LogP contribution in [0.4, 0.5) is 0 Å². The van der Waals surface area contributed by atoms with E-state index in [9.17, 15) is 13.2 Å². The van der Waals surface area contributed by atoms with Gasteiger partial charge in [-0.25, -0.2) is 8.42 Å². The zero-order valence-electron chi connectivity index (χ0n) is 16.5. The Labute approximate surface area is 176 Å². The minimum absolute atomic E-state index is 0.133. The van der Waals surface area contributed by atoms with Gasteiger partial charge in [-0.3, -0.25) is 4.79 Å². The maximum atomic E-state index is 13.0. The van der Waals surface area contributed by atoms with Crippen molar-refractivity contribution in [3.8, 4) is 5.75 Å². The Hall–Kier alpha value is -2.13. The summed E-state index contributed by atoms with van der Waals surface area (Å²) in [5.41, 5.74) is 0.813. The van der Waals surface area contributed by atoms with Gasteiger partial charge >= 0.3 is 0 Å². The normalized spacial score (nSPS) is 13.5. The molecule has 0 aliphatic rings. The summed E-state index contributed by atoms with van der Waals surface area (Å²) < 4.78 is 38.7. The van der Waals surface area contributed by atoms with E-state index in [4.69, 9.17) is 21.1 Å². The number of methoxy groups -OCH3 is 2. The van der Waals surface area contributed by atoms with Gasteiger partial charge in [0, 0.05) is 18.2 Å². The van der Waals surface area contributed by atoms with Crippen molar-refractivity contribution in [2.45, 2.75) is 30.3 Å². The van der Waals surface area contributed by atoms with Crippen LogP contribution in [0.2, 0.25) is 5.02 Å². The van der Waals surface area contributed by atoms with Crippen LogP contribution in [0.25, 0.3) is 0 Å². The van der Waals surface area contributed by atoms with E-state index >= 15 is 0 Å². The first-order chi connectivity index (χ1) is 13.8. The van der Waals surface area contributed by atoms with Crippen molar-refractivity contribution in [1.29, 1.82) is 0 Å². The summed E-state index contributed by atoms with van der Waals surface area (Å²) in [5.74, 6) is -0.323. The topological polar surface area (TPSA) is 93.7 Å². The molecule has 0 fully saturated rings. The maximum Gasteiger partial charge on any atom is 0.245 e. The van der Waals surface area contributed by atoms with E-state index in [2.05, 4.69) is 10.0 Å². The van der Waals surface area contributed by atoms with E-state index in [0.717, 1.165) is 5.56 Å². The molecule has 2 rings (SSSR count). The highest BCUT2D eigenvalue weighted by Gasteiger charge is 2.29. The fraction of sp³-hybridized carbons (Fsp3) is 0.350. The predicted molar refractivity (Wildman–Crippen MR) is 112 cm³/mol. The van der Waals surface area contributed by atoms with Gasteiger partial charge < -0.3 is 14.8 Å². The lowest BCUT2D eigenvalue weighted by Gasteiger charge is -2.22. The van der Waals surface area contributed by atoms with E-state index in [1.807, 2.05) is 30.3 Å². The fourth-order valence-corrected chi connectivity index (χ4v) is 4.41. The highest BCUT2D eigenvalue weighted by Crippen LogP contribution is 2.27. The molecule has 0 heterocycles. The third-order valence-electron chi connectivity index (χ3n) is 4.12.